The van der Waals surface area contributed by atoms with Crippen LogP contribution in [0.5, 0.6) is 5.75 Å². The Hall–Kier alpha value is -1.42. The zero-order valence-electron chi connectivity index (χ0n) is 8.75. The summed E-state index contributed by atoms with van der Waals surface area (Å²) in [5, 5.41) is 3.17. The number of hydrogen-bond acceptors (Lipinski definition) is 3. The third-order valence-electron chi connectivity index (χ3n) is 3.33. The number of para-hydroxylation sites is 1. The minimum absolute atomic E-state index is 0.0662. The molecule has 3 rings (SSSR count). The van der Waals surface area contributed by atoms with E-state index in [-0.39, 0.29) is 11.5 Å². The van der Waals surface area contributed by atoms with Gasteiger partial charge in [-0.1, -0.05) is 6.07 Å². The lowest BCUT2D eigenvalue weighted by atomic mass is 9.87. The first kappa shape index (κ1) is 9.78. The van der Waals surface area contributed by atoms with Crippen molar-refractivity contribution in [2.45, 2.75) is 18.4 Å². The molecule has 84 valence electrons. The molecule has 2 aliphatic heterocycles. The van der Waals surface area contributed by atoms with Crippen LogP contribution in [0.4, 0.5) is 4.39 Å². The summed E-state index contributed by atoms with van der Waals surface area (Å²) in [4.78, 5) is 12.2. The van der Waals surface area contributed by atoms with Crippen molar-refractivity contribution in [1.82, 2.24) is 5.32 Å². The van der Waals surface area contributed by atoms with Crippen molar-refractivity contribution in [2.24, 2.45) is 0 Å². The van der Waals surface area contributed by atoms with E-state index in [1.165, 1.54) is 6.07 Å². The molecule has 0 bridgehead atoms. The summed E-state index contributed by atoms with van der Waals surface area (Å²) in [5.74, 6) is -0.376. The monoisotopic (exact) mass is 221 g/mol. The zero-order valence-corrected chi connectivity index (χ0v) is 8.75. The topological polar surface area (TPSA) is 38.3 Å². The predicted octanol–water partition coefficient (Wildman–Crippen LogP) is 1.52. The van der Waals surface area contributed by atoms with Gasteiger partial charge in [0.05, 0.1) is 5.56 Å². The lowest BCUT2D eigenvalue weighted by Crippen LogP contribution is -2.49. The van der Waals surface area contributed by atoms with Crippen LogP contribution in [0.1, 0.15) is 23.2 Å². The third-order valence-corrected chi connectivity index (χ3v) is 3.33. The number of hydrogen-bond donors (Lipinski definition) is 1. The Morgan fingerprint density at radius 2 is 2.06 bits per heavy atom. The number of Topliss-reactive ketones (excluding diaryl/α,β-unsaturated/α-hetero) is 1. The Kier molecular flexibility index (Phi) is 2.01. The molecule has 4 heteroatoms. The van der Waals surface area contributed by atoms with Gasteiger partial charge in [0.25, 0.3) is 0 Å². The second-order valence-electron chi connectivity index (χ2n) is 4.29. The van der Waals surface area contributed by atoms with Crippen LogP contribution in [0.3, 0.4) is 0 Å². The number of rotatable bonds is 0. The van der Waals surface area contributed by atoms with E-state index in [2.05, 4.69) is 5.32 Å². The number of ether oxygens (including phenoxy) is 1. The van der Waals surface area contributed by atoms with Crippen molar-refractivity contribution in [3.8, 4) is 5.75 Å². The number of fused-ring (bicyclic) bond motifs is 1. The molecule has 0 unspecified atom stereocenters. The van der Waals surface area contributed by atoms with Gasteiger partial charge in [0.15, 0.2) is 17.2 Å². The summed E-state index contributed by atoms with van der Waals surface area (Å²) < 4.78 is 19.1. The molecule has 0 saturated carbocycles. The number of ketones is 1. The van der Waals surface area contributed by atoms with Gasteiger partial charge in [0.1, 0.15) is 0 Å². The van der Waals surface area contributed by atoms with E-state index in [4.69, 9.17) is 4.74 Å². The summed E-state index contributed by atoms with van der Waals surface area (Å²) in [7, 11) is 0. The van der Waals surface area contributed by atoms with Gasteiger partial charge in [-0.3, -0.25) is 4.79 Å². The van der Waals surface area contributed by atoms with Gasteiger partial charge in [0.2, 0.25) is 5.78 Å². The Bertz CT molecular complexity index is 452. The summed E-state index contributed by atoms with van der Waals surface area (Å²) in [6.45, 7) is 1.47. The average Bonchev–Trinajstić information content (AvgIpc) is 2.57. The molecule has 2 heterocycles. The van der Waals surface area contributed by atoms with Gasteiger partial charge in [0, 0.05) is 12.8 Å². The van der Waals surface area contributed by atoms with Crippen LogP contribution in [0.15, 0.2) is 18.2 Å². The fraction of sp³-hybridized carbons (Fsp3) is 0.417. The van der Waals surface area contributed by atoms with E-state index in [1.807, 2.05) is 0 Å². The molecule has 0 amide bonds. The summed E-state index contributed by atoms with van der Waals surface area (Å²) in [6.07, 6.45) is 1.22. The van der Waals surface area contributed by atoms with Crippen molar-refractivity contribution in [2.75, 3.05) is 13.1 Å². The van der Waals surface area contributed by atoms with Gasteiger partial charge in [-0.05, 0) is 25.2 Å². The molecule has 0 radical (unpaired) electrons. The van der Waals surface area contributed by atoms with Crippen molar-refractivity contribution >= 4 is 5.78 Å². The highest BCUT2D eigenvalue weighted by atomic mass is 19.1. The summed E-state index contributed by atoms with van der Waals surface area (Å²) in [5.41, 5.74) is -0.419. The minimum atomic E-state index is -0.810. The maximum Gasteiger partial charge on any atom is 0.210 e. The Morgan fingerprint density at radius 1 is 1.31 bits per heavy atom. The zero-order chi connectivity index (χ0) is 11.2. The molecule has 0 aromatic heterocycles. The van der Waals surface area contributed by atoms with Gasteiger partial charge >= 0.3 is 0 Å². The van der Waals surface area contributed by atoms with E-state index in [1.54, 1.807) is 12.1 Å². The number of carbonyl (C=O) groups is 1. The number of piperidine rings is 1. The Balaban J connectivity index is 2.05. The van der Waals surface area contributed by atoms with Gasteiger partial charge < -0.3 is 10.1 Å². The first-order chi connectivity index (χ1) is 7.73. The normalized spacial score (nSPS) is 21.9. The Morgan fingerprint density at radius 3 is 2.75 bits per heavy atom. The van der Waals surface area contributed by atoms with Crippen LogP contribution >= 0.6 is 0 Å². The highest BCUT2D eigenvalue weighted by Crippen LogP contribution is 2.41. The van der Waals surface area contributed by atoms with E-state index >= 15 is 0 Å². The van der Waals surface area contributed by atoms with Crippen LogP contribution in [-0.2, 0) is 0 Å². The maximum atomic E-state index is 13.5. The minimum Gasteiger partial charge on any atom is -0.475 e. The summed E-state index contributed by atoms with van der Waals surface area (Å²) >= 11 is 0. The lowest BCUT2D eigenvalue weighted by molar-refractivity contribution is 0.0411. The molecule has 3 nitrogen and oxygen atoms in total. The van der Waals surface area contributed by atoms with E-state index in [9.17, 15) is 9.18 Å². The first-order valence-electron chi connectivity index (χ1n) is 5.46. The van der Waals surface area contributed by atoms with Gasteiger partial charge in [-0.25, -0.2) is 4.39 Å². The number of halogens is 1. The highest BCUT2D eigenvalue weighted by molar-refractivity contribution is 6.07. The van der Waals surface area contributed by atoms with Gasteiger partial charge in [-0.15, -0.1) is 0 Å². The second kappa shape index (κ2) is 3.28. The molecule has 1 saturated heterocycles. The third kappa shape index (κ3) is 1.19. The van der Waals surface area contributed by atoms with Crippen molar-refractivity contribution in [1.29, 1.82) is 0 Å². The fourth-order valence-corrected chi connectivity index (χ4v) is 2.44. The van der Waals surface area contributed by atoms with E-state index < -0.39 is 11.4 Å². The van der Waals surface area contributed by atoms with Crippen molar-refractivity contribution in [3.63, 3.8) is 0 Å². The quantitative estimate of drug-likeness (QED) is 0.722. The molecule has 0 aliphatic carbocycles. The first-order valence-corrected chi connectivity index (χ1v) is 5.46. The SMILES string of the molecule is O=C1c2cccc(F)c2OC12CCNCC2. The van der Waals surface area contributed by atoms with E-state index in [0.29, 0.717) is 18.4 Å². The number of carbonyl (C=O) groups excluding carboxylic acids is 1. The molecule has 2 aliphatic rings. The molecule has 1 spiro atoms. The van der Waals surface area contributed by atoms with Gasteiger partial charge in [-0.2, -0.15) is 0 Å². The molecule has 1 aromatic rings. The number of nitrogens with one attached hydrogen (secondary N) is 1. The Labute approximate surface area is 92.6 Å². The smallest absolute Gasteiger partial charge is 0.210 e. The predicted molar refractivity (Wildman–Crippen MR) is 56.2 cm³/mol. The molecular weight excluding hydrogens is 209 g/mol. The second-order valence-corrected chi connectivity index (χ2v) is 4.29. The fourth-order valence-electron chi connectivity index (χ4n) is 2.44. The number of benzene rings is 1. The molecule has 1 N–H and O–H groups in total. The van der Waals surface area contributed by atoms with Crippen LogP contribution in [0.25, 0.3) is 0 Å². The van der Waals surface area contributed by atoms with Crippen LogP contribution in [0.2, 0.25) is 0 Å². The molecule has 1 fully saturated rings. The van der Waals surface area contributed by atoms with Crippen molar-refractivity contribution in [3.05, 3.63) is 29.6 Å². The molecule has 16 heavy (non-hydrogen) atoms. The largest absolute Gasteiger partial charge is 0.475 e. The maximum absolute atomic E-state index is 13.5. The standard InChI is InChI=1S/C12H12FNO2/c13-9-3-1-2-8-10(9)16-12(11(8)15)4-6-14-7-5-12/h1-3,14H,4-7H2. The van der Waals surface area contributed by atoms with Crippen LogP contribution in [0, 0.1) is 5.82 Å². The average molecular weight is 221 g/mol. The molecular formula is C12H12FNO2. The summed E-state index contributed by atoms with van der Waals surface area (Å²) in [6, 6.07) is 4.51. The van der Waals surface area contributed by atoms with Crippen molar-refractivity contribution < 1.29 is 13.9 Å². The molecule has 1 aromatic carbocycles. The van der Waals surface area contributed by atoms with E-state index in [0.717, 1.165) is 13.1 Å². The highest BCUT2D eigenvalue weighted by Gasteiger charge is 2.49. The van der Waals surface area contributed by atoms with Crippen LogP contribution < -0.4 is 10.1 Å². The molecule has 0 atom stereocenters. The lowest BCUT2D eigenvalue weighted by Gasteiger charge is -2.31. The van der Waals surface area contributed by atoms with Crippen LogP contribution in [-0.4, -0.2) is 24.5 Å².